The number of ether oxygens (including phenoxy) is 1. The standard InChI is InChI=1S/C15H18N2O3S/c1-20-10-9-17-21(18,19)15-7-5-12(6-8-15)13-3-2-4-14(16)11-13/h2-8,11,17H,9-10,16H2,1H3. The van der Waals surface area contributed by atoms with Crippen molar-refractivity contribution >= 4 is 15.7 Å². The van der Waals surface area contributed by atoms with Crippen LogP contribution in [-0.4, -0.2) is 28.7 Å². The summed E-state index contributed by atoms with van der Waals surface area (Å²) in [4.78, 5) is 0.228. The van der Waals surface area contributed by atoms with E-state index in [-0.39, 0.29) is 11.4 Å². The van der Waals surface area contributed by atoms with Crippen LogP contribution in [0.3, 0.4) is 0 Å². The highest BCUT2D eigenvalue weighted by atomic mass is 32.2. The third-order valence-electron chi connectivity index (χ3n) is 2.98. The number of hydrogen-bond acceptors (Lipinski definition) is 4. The van der Waals surface area contributed by atoms with Crippen LogP contribution in [0.15, 0.2) is 53.4 Å². The van der Waals surface area contributed by atoms with Crippen molar-refractivity contribution in [3.05, 3.63) is 48.5 Å². The third kappa shape index (κ3) is 4.04. The fourth-order valence-electron chi connectivity index (χ4n) is 1.91. The molecule has 21 heavy (non-hydrogen) atoms. The maximum Gasteiger partial charge on any atom is 0.240 e. The fraction of sp³-hybridized carbons (Fsp3) is 0.200. The number of nitrogens with one attached hydrogen (secondary N) is 1. The normalized spacial score (nSPS) is 11.5. The van der Waals surface area contributed by atoms with E-state index in [0.717, 1.165) is 11.1 Å². The second kappa shape index (κ2) is 6.71. The Hall–Kier alpha value is -1.89. The molecule has 0 saturated carbocycles. The molecule has 2 rings (SSSR count). The van der Waals surface area contributed by atoms with Gasteiger partial charge in [0.15, 0.2) is 0 Å². The molecule has 3 N–H and O–H groups in total. The molecule has 0 amide bonds. The van der Waals surface area contributed by atoms with Gasteiger partial charge < -0.3 is 10.5 Å². The fourth-order valence-corrected chi connectivity index (χ4v) is 2.92. The van der Waals surface area contributed by atoms with Crippen LogP contribution in [-0.2, 0) is 14.8 Å². The molecule has 0 radical (unpaired) electrons. The summed E-state index contributed by atoms with van der Waals surface area (Å²) in [6.45, 7) is 0.580. The average molecular weight is 306 g/mol. The van der Waals surface area contributed by atoms with E-state index < -0.39 is 10.0 Å². The second-order valence-electron chi connectivity index (χ2n) is 4.54. The number of rotatable bonds is 6. The molecule has 2 aromatic rings. The first-order valence-electron chi connectivity index (χ1n) is 6.47. The van der Waals surface area contributed by atoms with E-state index in [0.29, 0.717) is 12.3 Å². The van der Waals surface area contributed by atoms with Crippen LogP contribution in [0, 0.1) is 0 Å². The zero-order valence-corrected chi connectivity index (χ0v) is 12.6. The van der Waals surface area contributed by atoms with Crippen LogP contribution in [0.25, 0.3) is 11.1 Å². The first kappa shape index (κ1) is 15.5. The van der Waals surface area contributed by atoms with Crippen LogP contribution >= 0.6 is 0 Å². The van der Waals surface area contributed by atoms with Gasteiger partial charge in [-0.25, -0.2) is 13.1 Å². The van der Waals surface area contributed by atoms with Gasteiger partial charge in [0.1, 0.15) is 0 Å². The molecule has 112 valence electrons. The van der Waals surface area contributed by atoms with Crippen molar-refractivity contribution < 1.29 is 13.2 Å². The van der Waals surface area contributed by atoms with Gasteiger partial charge >= 0.3 is 0 Å². The minimum absolute atomic E-state index is 0.228. The maximum atomic E-state index is 12.0. The third-order valence-corrected chi connectivity index (χ3v) is 4.46. The average Bonchev–Trinajstić information content (AvgIpc) is 2.47. The van der Waals surface area contributed by atoms with Gasteiger partial charge in [-0.2, -0.15) is 0 Å². The first-order chi connectivity index (χ1) is 10.0. The van der Waals surface area contributed by atoms with E-state index in [2.05, 4.69) is 4.72 Å². The summed E-state index contributed by atoms with van der Waals surface area (Å²) in [5, 5.41) is 0. The number of anilines is 1. The van der Waals surface area contributed by atoms with E-state index in [4.69, 9.17) is 10.5 Å². The number of methoxy groups -OCH3 is 1. The topological polar surface area (TPSA) is 81.4 Å². The van der Waals surface area contributed by atoms with Crippen LogP contribution < -0.4 is 10.5 Å². The molecule has 2 aromatic carbocycles. The quantitative estimate of drug-likeness (QED) is 0.630. The van der Waals surface area contributed by atoms with Crippen molar-refractivity contribution in [2.24, 2.45) is 0 Å². The Bertz CT molecular complexity index is 697. The summed E-state index contributed by atoms with van der Waals surface area (Å²) in [6, 6.07) is 14.1. The van der Waals surface area contributed by atoms with Gasteiger partial charge in [-0.1, -0.05) is 24.3 Å². The van der Waals surface area contributed by atoms with Crippen LogP contribution in [0.5, 0.6) is 0 Å². The molecule has 0 aromatic heterocycles. The largest absolute Gasteiger partial charge is 0.399 e. The summed E-state index contributed by atoms with van der Waals surface area (Å²) in [7, 11) is -1.97. The molecule has 0 heterocycles. The Balaban J connectivity index is 2.19. The zero-order chi connectivity index (χ0) is 15.3. The van der Waals surface area contributed by atoms with Crippen LogP contribution in [0.4, 0.5) is 5.69 Å². The van der Waals surface area contributed by atoms with E-state index in [1.807, 2.05) is 24.3 Å². The van der Waals surface area contributed by atoms with Gasteiger partial charge in [-0.05, 0) is 35.4 Å². The van der Waals surface area contributed by atoms with Gasteiger partial charge in [0.25, 0.3) is 0 Å². The Labute approximate surface area is 124 Å². The molecule has 0 unspecified atom stereocenters. The molecule has 0 saturated heterocycles. The summed E-state index contributed by atoms with van der Waals surface area (Å²) in [5.74, 6) is 0. The molecular formula is C15H18N2O3S. The molecule has 0 atom stereocenters. The Kier molecular flexibility index (Phi) is 4.95. The number of sulfonamides is 1. The molecule has 0 aliphatic heterocycles. The number of hydrogen-bond donors (Lipinski definition) is 2. The lowest BCUT2D eigenvalue weighted by molar-refractivity contribution is 0.204. The zero-order valence-electron chi connectivity index (χ0n) is 11.7. The molecule has 6 heteroatoms. The maximum absolute atomic E-state index is 12.0. The van der Waals surface area contributed by atoms with E-state index in [1.54, 1.807) is 24.3 Å². The van der Waals surface area contributed by atoms with E-state index >= 15 is 0 Å². The van der Waals surface area contributed by atoms with Gasteiger partial charge in [-0.15, -0.1) is 0 Å². The second-order valence-corrected chi connectivity index (χ2v) is 6.31. The lowest BCUT2D eigenvalue weighted by atomic mass is 10.1. The van der Waals surface area contributed by atoms with Crippen LogP contribution in [0.2, 0.25) is 0 Å². The highest BCUT2D eigenvalue weighted by Crippen LogP contribution is 2.22. The number of benzene rings is 2. The summed E-state index contributed by atoms with van der Waals surface area (Å²) < 4.78 is 31.3. The Morgan fingerprint density at radius 2 is 1.81 bits per heavy atom. The first-order valence-corrected chi connectivity index (χ1v) is 7.96. The van der Waals surface area contributed by atoms with Crippen molar-refractivity contribution in [2.45, 2.75) is 4.90 Å². The summed E-state index contributed by atoms with van der Waals surface area (Å²) in [5.41, 5.74) is 8.28. The smallest absolute Gasteiger partial charge is 0.240 e. The summed E-state index contributed by atoms with van der Waals surface area (Å²) in [6.07, 6.45) is 0. The lowest BCUT2D eigenvalue weighted by Gasteiger charge is -2.08. The van der Waals surface area contributed by atoms with Gasteiger partial charge in [-0.3, -0.25) is 0 Å². The molecular weight excluding hydrogens is 288 g/mol. The van der Waals surface area contributed by atoms with Crippen LogP contribution in [0.1, 0.15) is 0 Å². The van der Waals surface area contributed by atoms with Gasteiger partial charge in [0.05, 0.1) is 11.5 Å². The summed E-state index contributed by atoms with van der Waals surface area (Å²) >= 11 is 0. The van der Waals surface area contributed by atoms with Crippen molar-refractivity contribution in [3.63, 3.8) is 0 Å². The monoisotopic (exact) mass is 306 g/mol. The van der Waals surface area contributed by atoms with Gasteiger partial charge in [0, 0.05) is 19.3 Å². The van der Waals surface area contributed by atoms with Crippen molar-refractivity contribution in [1.82, 2.24) is 4.72 Å². The predicted octanol–water partition coefficient (Wildman–Crippen LogP) is 1.86. The number of nitrogen functional groups attached to an aromatic ring is 1. The van der Waals surface area contributed by atoms with Crippen molar-refractivity contribution in [2.75, 3.05) is 26.0 Å². The molecule has 0 fully saturated rings. The lowest BCUT2D eigenvalue weighted by Crippen LogP contribution is -2.27. The van der Waals surface area contributed by atoms with Gasteiger partial charge in [0.2, 0.25) is 10.0 Å². The van der Waals surface area contributed by atoms with Crippen molar-refractivity contribution in [1.29, 1.82) is 0 Å². The van der Waals surface area contributed by atoms with Crippen molar-refractivity contribution in [3.8, 4) is 11.1 Å². The molecule has 0 aliphatic rings. The molecule has 0 bridgehead atoms. The molecule has 5 nitrogen and oxygen atoms in total. The molecule has 0 spiro atoms. The Morgan fingerprint density at radius 1 is 1.10 bits per heavy atom. The number of nitrogens with two attached hydrogens (primary N) is 1. The molecule has 0 aliphatic carbocycles. The minimum atomic E-state index is -3.49. The predicted molar refractivity (Wildman–Crippen MR) is 83.4 cm³/mol. The highest BCUT2D eigenvalue weighted by molar-refractivity contribution is 7.89. The SMILES string of the molecule is COCCNS(=O)(=O)c1ccc(-c2cccc(N)c2)cc1. The Morgan fingerprint density at radius 3 is 2.43 bits per heavy atom. The minimum Gasteiger partial charge on any atom is -0.399 e. The van der Waals surface area contributed by atoms with E-state index in [1.165, 1.54) is 7.11 Å². The van der Waals surface area contributed by atoms with E-state index in [9.17, 15) is 8.42 Å². The highest BCUT2D eigenvalue weighted by Gasteiger charge is 2.13.